The fourth-order valence-corrected chi connectivity index (χ4v) is 3.06. The highest BCUT2D eigenvalue weighted by molar-refractivity contribution is 7.80. The summed E-state index contributed by atoms with van der Waals surface area (Å²) >= 11 is 11.4. The molecule has 2 N–H and O–H groups in total. The number of anilines is 2. The van der Waals surface area contributed by atoms with E-state index in [-0.39, 0.29) is 19.2 Å². The lowest BCUT2D eigenvalue weighted by atomic mass is 10.2. The Morgan fingerprint density at radius 2 is 2.04 bits per heavy atom. The smallest absolute Gasteiger partial charge is 0.231 e. The van der Waals surface area contributed by atoms with Gasteiger partial charge in [-0.3, -0.25) is 4.68 Å². The molecule has 6 nitrogen and oxygen atoms in total. The van der Waals surface area contributed by atoms with Crippen LogP contribution >= 0.6 is 23.8 Å². The number of halogens is 2. The van der Waals surface area contributed by atoms with Crippen molar-refractivity contribution in [2.75, 3.05) is 17.4 Å². The second-order valence-electron chi connectivity index (χ2n) is 5.75. The molecular formula is C18H14ClFN4O2S. The highest BCUT2D eigenvalue weighted by Gasteiger charge is 2.14. The predicted octanol–water partition coefficient (Wildman–Crippen LogP) is 4.26. The molecule has 1 aromatic heterocycles. The van der Waals surface area contributed by atoms with Crippen LogP contribution in [0.15, 0.2) is 48.7 Å². The Bertz CT molecular complexity index is 991. The van der Waals surface area contributed by atoms with Crippen molar-refractivity contribution < 1.29 is 13.9 Å². The standard InChI is InChI=1S/C18H14ClFN4O2S/c19-13-2-1-3-14(20)12(13)9-24-7-6-17(23-24)22-18(27)21-11-4-5-15-16(8-11)26-10-25-15/h1-8H,9-10H2,(H2,21,22,23,27). The molecule has 2 heterocycles. The van der Waals surface area contributed by atoms with Crippen LogP contribution in [-0.4, -0.2) is 21.7 Å². The van der Waals surface area contributed by atoms with Crippen LogP contribution in [0.5, 0.6) is 11.5 Å². The third-order valence-corrected chi connectivity index (χ3v) is 4.45. The predicted molar refractivity (Wildman–Crippen MR) is 105 cm³/mol. The van der Waals surface area contributed by atoms with Crippen LogP contribution in [-0.2, 0) is 6.54 Å². The first-order chi connectivity index (χ1) is 13.1. The van der Waals surface area contributed by atoms with Crippen molar-refractivity contribution in [2.45, 2.75) is 6.54 Å². The van der Waals surface area contributed by atoms with Crippen LogP contribution in [0.3, 0.4) is 0 Å². The number of fused-ring (bicyclic) bond motifs is 1. The fraction of sp³-hybridized carbons (Fsp3) is 0.111. The molecular weight excluding hydrogens is 391 g/mol. The van der Waals surface area contributed by atoms with Crippen molar-refractivity contribution >= 4 is 40.4 Å². The average Bonchev–Trinajstić information content (AvgIpc) is 3.27. The number of nitrogens with zero attached hydrogens (tertiary/aromatic N) is 2. The lowest BCUT2D eigenvalue weighted by Gasteiger charge is -2.09. The van der Waals surface area contributed by atoms with Gasteiger partial charge in [-0.1, -0.05) is 17.7 Å². The van der Waals surface area contributed by atoms with Crippen LogP contribution in [0, 0.1) is 5.82 Å². The molecule has 1 aliphatic rings. The van der Waals surface area contributed by atoms with Gasteiger partial charge in [-0.25, -0.2) is 4.39 Å². The van der Waals surface area contributed by atoms with Gasteiger partial charge in [0.2, 0.25) is 6.79 Å². The summed E-state index contributed by atoms with van der Waals surface area (Å²) < 4.78 is 26.1. The first-order valence-corrected chi connectivity index (χ1v) is 8.81. The van der Waals surface area contributed by atoms with Gasteiger partial charge >= 0.3 is 0 Å². The Kier molecular flexibility index (Phi) is 4.83. The molecule has 27 heavy (non-hydrogen) atoms. The second kappa shape index (κ2) is 7.42. The number of hydrogen-bond donors (Lipinski definition) is 2. The van der Waals surface area contributed by atoms with Crippen molar-refractivity contribution in [3.63, 3.8) is 0 Å². The molecule has 0 saturated heterocycles. The number of benzene rings is 2. The molecule has 0 spiro atoms. The maximum absolute atomic E-state index is 13.9. The van der Waals surface area contributed by atoms with Crippen molar-refractivity contribution in [2.24, 2.45) is 0 Å². The third-order valence-electron chi connectivity index (χ3n) is 3.89. The topological polar surface area (TPSA) is 60.3 Å². The molecule has 1 aliphatic heterocycles. The lowest BCUT2D eigenvalue weighted by Crippen LogP contribution is -2.19. The van der Waals surface area contributed by atoms with E-state index in [0.717, 1.165) is 5.69 Å². The van der Waals surface area contributed by atoms with Gasteiger partial charge in [0.05, 0.1) is 6.54 Å². The van der Waals surface area contributed by atoms with Gasteiger partial charge in [-0.15, -0.1) is 0 Å². The third kappa shape index (κ3) is 3.96. The van der Waals surface area contributed by atoms with Crippen molar-refractivity contribution in [3.05, 3.63) is 65.1 Å². The second-order valence-corrected chi connectivity index (χ2v) is 6.56. The molecule has 2 aromatic carbocycles. The van der Waals surface area contributed by atoms with Crippen molar-refractivity contribution in [1.29, 1.82) is 0 Å². The van der Waals surface area contributed by atoms with E-state index in [0.29, 0.717) is 33.0 Å². The molecule has 0 bridgehead atoms. The lowest BCUT2D eigenvalue weighted by molar-refractivity contribution is 0.174. The van der Waals surface area contributed by atoms with Crippen molar-refractivity contribution in [3.8, 4) is 11.5 Å². The van der Waals surface area contributed by atoms with Gasteiger partial charge in [0.1, 0.15) is 5.82 Å². The molecule has 138 valence electrons. The van der Waals surface area contributed by atoms with E-state index in [4.69, 9.17) is 33.3 Å². The molecule has 0 amide bonds. The number of thiocarbonyl (C=S) groups is 1. The molecule has 0 unspecified atom stereocenters. The van der Waals surface area contributed by atoms with Crippen LogP contribution in [0.4, 0.5) is 15.9 Å². The minimum absolute atomic E-state index is 0.213. The zero-order valence-corrected chi connectivity index (χ0v) is 15.5. The number of nitrogens with one attached hydrogen (secondary N) is 2. The molecule has 0 atom stereocenters. The van der Waals surface area contributed by atoms with E-state index >= 15 is 0 Å². The first-order valence-electron chi connectivity index (χ1n) is 8.02. The minimum Gasteiger partial charge on any atom is -0.454 e. The van der Waals surface area contributed by atoms with Crippen molar-refractivity contribution in [1.82, 2.24) is 9.78 Å². The van der Waals surface area contributed by atoms with E-state index < -0.39 is 0 Å². The van der Waals surface area contributed by atoms with Crippen LogP contribution in [0.2, 0.25) is 5.02 Å². The van der Waals surface area contributed by atoms with Gasteiger partial charge in [-0.05, 0) is 36.5 Å². The first kappa shape index (κ1) is 17.6. The van der Waals surface area contributed by atoms with E-state index in [1.165, 1.54) is 6.07 Å². The van der Waals surface area contributed by atoms with Gasteiger partial charge in [0.25, 0.3) is 0 Å². The summed E-state index contributed by atoms with van der Waals surface area (Å²) in [5.74, 6) is 1.52. The molecule has 9 heteroatoms. The number of hydrogen-bond acceptors (Lipinski definition) is 4. The highest BCUT2D eigenvalue weighted by atomic mass is 35.5. The maximum atomic E-state index is 13.9. The zero-order chi connectivity index (χ0) is 18.8. The largest absolute Gasteiger partial charge is 0.454 e. The van der Waals surface area contributed by atoms with Gasteiger partial charge < -0.3 is 20.1 Å². The Morgan fingerprint density at radius 3 is 2.89 bits per heavy atom. The SMILES string of the molecule is Fc1cccc(Cl)c1Cn1ccc(NC(=S)Nc2ccc3c(c2)OCO3)n1. The highest BCUT2D eigenvalue weighted by Crippen LogP contribution is 2.34. The summed E-state index contributed by atoms with van der Waals surface area (Å²) in [6, 6.07) is 11.8. The average molecular weight is 405 g/mol. The monoisotopic (exact) mass is 404 g/mol. The Hall–Kier alpha value is -2.84. The molecule has 0 fully saturated rings. The van der Waals surface area contributed by atoms with Gasteiger partial charge in [-0.2, -0.15) is 5.10 Å². The normalized spacial score (nSPS) is 12.1. The van der Waals surface area contributed by atoms with Gasteiger partial charge in [0, 0.05) is 34.6 Å². The minimum atomic E-state index is -0.368. The van der Waals surface area contributed by atoms with Crippen LogP contribution in [0.1, 0.15) is 5.56 Å². The Labute approximate surface area is 164 Å². The van der Waals surface area contributed by atoms with E-state index in [1.54, 1.807) is 41.2 Å². The summed E-state index contributed by atoms with van der Waals surface area (Å²) in [5.41, 5.74) is 1.14. The molecule has 0 saturated carbocycles. The molecule has 4 rings (SSSR count). The van der Waals surface area contributed by atoms with Gasteiger partial charge in [0.15, 0.2) is 22.4 Å². The quantitative estimate of drug-likeness (QED) is 0.633. The number of ether oxygens (including phenoxy) is 2. The van der Waals surface area contributed by atoms with E-state index in [1.807, 2.05) is 6.07 Å². The summed E-state index contributed by atoms with van der Waals surface area (Å²) in [6.45, 7) is 0.431. The molecule has 0 aliphatic carbocycles. The van der Waals surface area contributed by atoms with E-state index in [9.17, 15) is 4.39 Å². The molecule has 3 aromatic rings. The summed E-state index contributed by atoms with van der Waals surface area (Å²) in [6.07, 6.45) is 1.72. The Balaban J connectivity index is 1.39. The van der Waals surface area contributed by atoms with Crippen LogP contribution < -0.4 is 20.1 Å². The maximum Gasteiger partial charge on any atom is 0.231 e. The van der Waals surface area contributed by atoms with Crippen LogP contribution in [0.25, 0.3) is 0 Å². The number of aromatic nitrogens is 2. The van der Waals surface area contributed by atoms with E-state index in [2.05, 4.69) is 15.7 Å². The summed E-state index contributed by atoms with van der Waals surface area (Å²) in [5, 5.41) is 11.1. The fourth-order valence-electron chi connectivity index (χ4n) is 2.61. The Morgan fingerprint density at radius 1 is 1.19 bits per heavy atom. The zero-order valence-electron chi connectivity index (χ0n) is 13.9. The molecule has 0 radical (unpaired) electrons. The number of rotatable bonds is 4. The summed E-state index contributed by atoms with van der Waals surface area (Å²) in [4.78, 5) is 0. The summed E-state index contributed by atoms with van der Waals surface area (Å²) in [7, 11) is 0.